The third-order valence-corrected chi connectivity index (χ3v) is 6.69. The second-order valence-corrected chi connectivity index (χ2v) is 9.43. The molecule has 198 valence electrons. The minimum absolute atomic E-state index is 0.265. The van der Waals surface area contributed by atoms with Crippen LogP contribution in [0.3, 0.4) is 0 Å². The molecule has 9 nitrogen and oxygen atoms in total. The zero-order valence-electron chi connectivity index (χ0n) is 21.7. The summed E-state index contributed by atoms with van der Waals surface area (Å²) in [5.41, 5.74) is 5.47. The molecule has 0 saturated carbocycles. The smallest absolute Gasteiger partial charge is 0.248 e. The summed E-state index contributed by atoms with van der Waals surface area (Å²) in [5.74, 6) is 0.637. The first kappa shape index (κ1) is 26.1. The lowest BCUT2D eigenvalue weighted by molar-refractivity contribution is -0.111. The number of ether oxygens (including phenoxy) is 1. The molecule has 5 rings (SSSR count). The maximum Gasteiger partial charge on any atom is 0.248 e. The molecule has 10 heteroatoms. The van der Waals surface area contributed by atoms with Gasteiger partial charge in [0.2, 0.25) is 11.9 Å². The normalized spacial score (nSPS) is 13.9. The highest BCUT2D eigenvalue weighted by molar-refractivity contribution is 6.33. The molecule has 3 aromatic heterocycles. The second kappa shape index (κ2) is 11.5. The number of carbonyl (C=O) groups excluding carboxylic acids is 1. The Hall–Kier alpha value is -4.47. The van der Waals surface area contributed by atoms with Gasteiger partial charge in [-0.1, -0.05) is 42.5 Å². The average Bonchev–Trinajstić information content (AvgIpc) is 3.38. The van der Waals surface area contributed by atoms with Crippen molar-refractivity contribution >= 4 is 45.9 Å². The molecule has 0 fully saturated rings. The zero-order chi connectivity index (χ0) is 27.4. The van der Waals surface area contributed by atoms with Gasteiger partial charge < -0.3 is 20.3 Å². The molecule has 39 heavy (non-hydrogen) atoms. The van der Waals surface area contributed by atoms with E-state index in [2.05, 4.69) is 45.3 Å². The van der Waals surface area contributed by atoms with Crippen LogP contribution >= 0.6 is 11.6 Å². The molecule has 4 aromatic rings. The summed E-state index contributed by atoms with van der Waals surface area (Å²) in [7, 11) is 3.68. The van der Waals surface area contributed by atoms with E-state index in [1.807, 2.05) is 36.5 Å². The number of carbonyl (C=O) groups is 1. The molecule has 1 amide bonds. The van der Waals surface area contributed by atoms with E-state index in [-0.39, 0.29) is 5.91 Å². The third kappa shape index (κ3) is 5.69. The van der Waals surface area contributed by atoms with Crippen LogP contribution in [0.5, 0.6) is 5.75 Å². The van der Waals surface area contributed by atoms with E-state index in [9.17, 15) is 4.79 Å². The SMILES string of the molecule is C=C/C=C\C(=O)Nc1cc(Nc2ncc(Cl)c(-c3cnn4ccccc34)n2)c(OC)cc1C1=CCN(C)CC1. The lowest BCUT2D eigenvalue weighted by Gasteiger charge is -2.24. The van der Waals surface area contributed by atoms with Crippen molar-refractivity contribution in [3.05, 3.63) is 90.4 Å². The van der Waals surface area contributed by atoms with E-state index in [1.165, 1.54) is 6.08 Å². The van der Waals surface area contributed by atoms with Gasteiger partial charge in [-0.05, 0) is 43.3 Å². The highest BCUT2D eigenvalue weighted by Crippen LogP contribution is 2.39. The fraction of sp³-hybridized carbons (Fsp3) is 0.172. The number of amides is 1. The molecule has 1 aromatic carbocycles. The third-order valence-electron chi connectivity index (χ3n) is 6.41. The maximum atomic E-state index is 12.6. The summed E-state index contributed by atoms with van der Waals surface area (Å²) < 4.78 is 7.50. The lowest BCUT2D eigenvalue weighted by atomic mass is 9.97. The van der Waals surface area contributed by atoms with Crippen LogP contribution in [0, 0.1) is 0 Å². The number of methoxy groups -OCH3 is 1. The van der Waals surface area contributed by atoms with Crippen LogP contribution in [0.2, 0.25) is 5.02 Å². The molecule has 1 aliphatic heterocycles. The van der Waals surface area contributed by atoms with E-state index in [0.29, 0.717) is 33.8 Å². The number of likely N-dealkylation sites (N-methyl/N-ethyl adjacent to an activating group) is 1. The molecule has 0 spiro atoms. The Kier molecular flexibility index (Phi) is 7.72. The van der Waals surface area contributed by atoms with Crippen LogP contribution in [0.15, 0.2) is 79.8 Å². The van der Waals surface area contributed by atoms with Gasteiger partial charge in [0.1, 0.15) is 5.75 Å². The van der Waals surface area contributed by atoms with Crippen molar-refractivity contribution in [2.24, 2.45) is 0 Å². The van der Waals surface area contributed by atoms with Crippen molar-refractivity contribution in [3.63, 3.8) is 0 Å². The van der Waals surface area contributed by atoms with Crippen molar-refractivity contribution in [1.82, 2.24) is 24.5 Å². The Morgan fingerprint density at radius 1 is 1.21 bits per heavy atom. The second-order valence-electron chi connectivity index (χ2n) is 9.03. The predicted octanol–water partition coefficient (Wildman–Crippen LogP) is 5.60. The number of hydrogen-bond donors (Lipinski definition) is 2. The van der Waals surface area contributed by atoms with Gasteiger partial charge in [0.15, 0.2) is 0 Å². The minimum atomic E-state index is -0.265. The van der Waals surface area contributed by atoms with Crippen molar-refractivity contribution < 1.29 is 9.53 Å². The van der Waals surface area contributed by atoms with Crippen LogP contribution in [0.4, 0.5) is 17.3 Å². The molecule has 0 atom stereocenters. The van der Waals surface area contributed by atoms with Gasteiger partial charge in [-0.2, -0.15) is 5.10 Å². The Labute approximate surface area is 231 Å². The Balaban J connectivity index is 1.54. The van der Waals surface area contributed by atoms with Gasteiger partial charge in [-0.15, -0.1) is 0 Å². The fourth-order valence-electron chi connectivity index (χ4n) is 4.41. The number of anilines is 3. The number of hydrogen-bond acceptors (Lipinski definition) is 7. The first-order valence-electron chi connectivity index (χ1n) is 12.4. The van der Waals surface area contributed by atoms with Gasteiger partial charge in [0, 0.05) is 36.5 Å². The van der Waals surface area contributed by atoms with E-state index in [4.69, 9.17) is 21.3 Å². The Bertz CT molecular complexity index is 1610. The molecular formula is C29H28ClN7O2. The molecule has 0 saturated heterocycles. The summed E-state index contributed by atoms with van der Waals surface area (Å²) in [6.07, 6.45) is 12.7. The molecule has 4 heterocycles. The summed E-state index contributed by atoms with van der Waals surface area (Å²) in [6, 6.07) is 9.54. The standard InChI is InChI=1S/C29H28ClN7O2/c1-4-5-9-27(38)33-23-16-24(26(39-3)15-20(23)19-10-13-36(2)14-11-19)34-29-31-18-22(30)28(35-29)21-17-32-37-12-7-6-8-25(21)37/h4-10,12,15-18H,1,11,13-14H2,2-3H3,(H,33,38)(H,31,34,35)/b9-5-. The van der Waals surface area contributed by atoms with E-state index >= 15 is 0 Å². The van der Waals surface area contributed by atoms with Gasteiger partial charge in [-0.3, -0.25) is 4.79 Å². The molecule has 0 aliphatic carbocycles. The largest absolute Gasteiger partial charge is 0.495 e. The lowest BCUT2D eigenvalue weighted by Crippen LogP contribution is -2.24. The molecule has 0 bridgehead atoms. The number of aromatic nitrogens is 4. The van der Waals surface area contributed by atoms with Crippen LogP contribution in [0.25, 0.3) is 22.3 Å². The van der Waals surface area contributed by atoms with E-state index in [0.717, 1.165) is 41.7 Å². The van der Waals surface area contributed by atoms with Gasteiger partial charge in [0.05, 0.1) is 47.1 Å². The van der Waals surface area contributed by atoms with Crippen molar-refractivity contribution in [2.45, 2.75) is 6.42 Å². The summed E-state index contributed by atoms with van der Waals surface area (Å²) in [4.78, 5) is 24.0. The molecule has 2 N–H and O–H groups in total. The highest BCUT2D eigenvalue weighted by Gasteiger charge is 2.19. The first-order valence-corrected chi connectivity index (χ1v) is 12.8. The minimum Gasteiger partial charge on any atom is -0.495 e. The van der Waals surface area contributed by atoms with Gasteiger partial charge in [0.25, 0.3) is 0 Å². The number of fused-ring (bicyclic) bond motifs is 1. The zero-order valence-corrected chi connectivity index (χ0v) is 22.4. The number of rotatable bonds is 8. The van der Waals surface area contributed by atoms with Crippen molar-refractivity contribution in [3.8, 4) is 17.0 Å². The first-order chi connectivity index (χ1) is 19.0. The number of nitrogens with zero attached hydrogens (tertiary/aromatic N) is 5. The molecular weight excluding hydrogens is 514 g/mol. The Morgan fingerprint density at radius 3 is 2.85 bits per heavy atom. The van der Waals surface area contributed by atoms with Crippen molar-refractivity contribution in [2.75, 3.05) is 37.9 Å². The summed E-state index contributed by atoms with van der Waals surface area (Å²) in [6.45, 7) is 5.38. The van der Waals surface area contributed by atoms with Gasteiger partial charge in [-0.25, -0.2) is 14.5 Å². The fourth-order valence-corrected chi connectivity index (χ4v) is 4.61. The number of nitrogens with one attached hydrogen (secondary N) is 2. The topological polar surface area (TPSA) is 96.7 Å². The number of halogens is 1. The van der Waals surface area contributed by atoms with Crippen molar-refractivity contribution in [1.29, 1.82) is 0 Å². The van der Waals surface area contributed by atoms with Crippen LogP contribution in [-0.2, 0) is 4.79 Å². The monoisotopic (exact) mass is 541 g/mol. The van der Waals surface area contributed by atoms with Gasteiger partial charge >= 0.3 is 0 Å². The van der Waals surface area contributed by atoms with Crippen LogP contribution in [0.1, 0.15) is 12.0 Å². The maximum absolute atomic E-state index is 12.6. The number of pyridine rings is 1. The van der Waals surface area contributed by atoms with Crippen LogP contribution < -0.4 is 15.4 Å². The highest BCUT2D eigenvalue weighted by atomic mass is 35.5. The molecule has 0 unspecified atom stereocenters. The Morgan fingerprint density at radius 2 is 2.08 bits per heavy atom. The quantitative estimate of drug-likeness (QED) is 0.221. The van der Waals surface area contributed by atoms with Crippen LogP contribution in [-0.4, -0.2) is 57.6 Å². The molecule has 0 radical (unpaired) electrons. The van der Waals surface area contributed by atoms with E-state index < -0.39 is 0 Å². The summed E-state index contributed by atoms with van der Waals surface area (Å²) >= 11 is 6.51. The number of benzene rings is 1. The summed E-state index contributed by atoms with van der Waals surface area (Å²) in [5, 5.41) is 11.0. The predicted molar refractivity (Wildman–Crippen MR) is 156 cm³/mol. The molecule has 1 aliphatic rings. The average molecular weight is 542 g/mol. The number of allylic oxidation sites excluding steroid dienone is 2. The van der Waals surface area contributed by atoms with E-state index in [1.54, 1.807) is 36.2 Å².